The smallest absolute Gasteiger partial charge is 0.319 e. The molecule has 18 heavy (non-hydrogen) atoms. The molecule has 1 rings (SSSR count). The summed E-state index contributed by atoms with van der Waals surface area (Å²) < 4.78 is 48.7. The molecule has 0 atom stereocenters. The van der Waals surface area contributed by atoms with Gasteiger partial charge in [0.25, 0.3) is 0 Å². The summed E-state index contributed by atoms with van der Waals surface area (Å²) in [5, 5.41) is 2.33. The van der Waals surface area contributed by atoms with Crippen molar-refractivity contribution in [3.05, 3.63) is 29.8 Å². The maximum atomic E-state index is 12.5. The Morgan fingerprint density at radius 1 is 1.28 bits per heavy atom. The van der Waals surface area contributed by atoms with Crippen LogP contribution in [0.15, 0.2) is 24.3 Å². The first kappa shape index (κ1) is 14.8. The van der Waals surface area contributed by atoms with Crippen LogP contribution in [0.3, 0.4) is 0 Å². The van der Waals surface area contributed by atoms with Crippen molar-refractivity contribution >= 4 is 5.69 Å². The van der Waals surface area contributed by atoms with Gasteiger partial charge in [-0.05, 0) is 37.1 Å². The Morgan fingerprint density at radius 3 is 2.61 bits per heavy atom. The van der Waals surface area contributed by atoms with Crippen LogP contribution in [0.1, 0.15) is 12.0 Å². The quantitative estimate of drug-likeness (QED) is 0.451. The average Bonchev–Trinajstić information content (AvgIpc) is 2.28. The van der Waals surface area contributed by atoms with E-state index in [1.165, 1.54) is 0 Å². The van der Waals surface area contributed by atoms with Crippen molar-refractivity contribution in [2.75, 3.05) is 18.8 Å². The highest BCUT2D eigenvalue weighted by Crippen LogP contribution is 2.21. The summed E-state index contributed by atoms with van der Waals surface area (Å²) in [5.74, 6) is -3.96. The second-order valence-electron chi connectivity index (χ2n) is 4.09. The second kappa shape index (κ2) is 6.58. The summed E-state index contributed by atoms with van der Waals surface area (Å²) in [4.78, 5) is 0. The lowest BCUT2D eigenvalue weighted by atomic mass is 10.1. The SMILES string of the molecule is Nc1cccc(CCCNCC(F)(F)C(F)F)c1. The van der Waals surface area contributed by atoms with Crippen LogP contribution in [0.2, 0.25) is 0 Å². The number of aryl methyl sites for hydroxylation is 1. The Hall–Kier alpha value is -1.30. The van der Waals surface area contributed by atoms with Gasteiger partial charge in [0.1, 0.15) is 0 Å². The monoisotopic (exact) mass is 264 g/mol. The molecule has 6 heteroatoms. The fourth-order valence-electron chi connectivity index (χ4n) is 1.50. The molecule has 0 unspecified atom stereocenters. The zero-order chi connectivity index (χ0) is 13.6. The van der Waals surface area contributed by atoms with Gasteiger partial charge < -0.3 is 11.1 Å². The molecule has 0 radical (unpaired) electrons. The van der Waals surface area contributed by atoms with E-state index < -0.39 is 18.9 Å². The van der Waals surface area contributed by atoms with E-state index in [2.05, 4.69) is 5.32 Å². The number of halogens is 4. The van der Waals surface area contributed by atoms with Crippen molar-refractivity contribution in [3.63, 3.8) is 0 Å². The van der Waals surface area contributed by atoms with E-state index in [9.17, 15) is 17.6 Å². The van der Waals surface area contributed by atoms with Crippen LogP contribution >= 0.6 is 0 Å². The van der Waals surface area contributed by atoms with Crippen LogP contribution in [-0.2, 0) is 6.42 Å². The fourth-order valence-corrected chi connectivity index (χ4v) is 1.50. The van der Waals surface area contributed by atoms with E-state index in [0.717, 1.165) is 5.56 Å². The number of hydrogen-bond acceptors (Lipinski definition) is 2. The van der Waals surface area contributed by atoms with Gasteiger partial charge in [-0.15, -0.1) is 0 Å². The highest BCUT2D eigenvalue weighted by Gasteiger charge is 2.39. The molecule has 0 saturated carbocycles. The first-order valence-electron chi connectivity index (χ1n) is 5.63. The van der Waals surface area contributed by atoms with Gasteiger partial charge in [-0.1, -0.05) is 12.1 Å². The average molecular weight is 264 g/mol. The molecule has 102 valence electrons. The van der Waals surface area contributed by atoms with Crippen molar-refractivity contribution in [1.29, 1.82) is 0 Å². The predicted octanol–water partition coefficient (Wildman–Crippen LogP) is 2.69. The Kier molecular flexibility index (Phi) is 5.40. The first-order chi connectivity index (χ1) is 8.42. The zero-order valence-corrected chi connectivity index (χ0v) is 9.80. The van der Waals surface area contributed by atoms with E-state index in [4.69, 9.17) is 5.73 Å². The van der Waals surface area contributed by atoms with Crippen molar-refractivity contribution in [3.8, 4) is 0 Å². The summed E-state index contributed by atoms with van der Waals surface area (Å²) in [6.45, 7) is -0.737. The van der Waals surface area contributed by atoms with Crippen molar-refractivity contribution in [2.45, 2.75) is 25.2 Å². The standard InChI is InChI=1S/C12H16F4N2/c13-11(14)12(15,16)8-18-6-2-4-9-3-1-5-10(17)7-9/h1,3,5,7,11,18H,2,4,6,8,17H2. The lowest BCUT2D eigenvalue weighted by molar-refractivity contribution is -0.125. The Morgan fingerprint density at radius 2 is 2.00 bits per heavy atom. The summed E-state index contributed by atoms with van der Waals surface area (Å²) in [5.41, 5.74) is 7.22. The van der Waals surface area contributed by atoms with Crippen LogP contribution in [0.5, 0.6) is 0 Å². The van der Waals surface area contributed by atoms with Gasteiger partial charge >= 0.3 is 12.3 Å². The van der Waals surface area contributed by atoms with Crippen molar-refractivity contribution in [1.82, 2.24) is 5.32 Å². The summed E-state index contributed by atoms with van der Waals surface area (Å²) in [6, 6.07) is 7.24. The van der Waals surface area contributed by atoms with E-state index >= 15 is 0 Å². The number of alkyl halides is 4. The molecule has 1 aromatic carbocycles. The molecule has 1 aromatic rings. The number of anilines is 1. The van der Waals surface area contributed by atoms with Crippen molar-refractivity contribution < 1.29 is 17.6 Å². The Balaban J connectivity index is 2.20. The van der Waals surface area contributed by atoms with Crippen molar-refractivity contribution in [2.24, 2.45) is 0 Å². The predicted molar refractivity (Wildman–Crippen MR) is 63.0 cm³/mol. The van der Waals surface area contributed by atoms with Gasteiger partial charge in [-0.2, -0.15) is 8.78 Å². The second-order valence-corrected chi connectivity index (χ2v) is 4.09. The van der Waals surface area contributed by atoms with Crippen LogP contribution in [-0.4, -0.2) is 25.4 Å². The van der Waals surface area contributed by atoms with Gasteiger partial charge in [0, 0.05) is 5.69 Å². The highest BCUT2D eigenvalue weighted by atomic mass is 19.3. The minimum Gasteiger partial charge on any atom is -0.399 e. The van der Waals surface area contributed by atoms with Crippen LogP contribution in [0, 0.1) is 0 Å². The van der Waals surface area contributed by atoms with Crippen LogP contribution in [0.25, 0.3) is 0 Å². The molecule has 0 fully saturated rings. The Bertz CT molecular complexity index is 369. The molecular formula is C12H16F4N2. The van der Waals surface area contributed by atoms with Crippen LogP contribution < -0.4 is 11.1 Å². The Labute approximate surface area is 103 Å². The third kappa shape index (κ3) is 4.91. The highest BCUT2D eigenvalue weighted by molar-refractivity contribution is 5.40. The normalized spacial score (nSPS) is 12.1. The molecule has 0 aromatic heterocycles. The number of hydrogen-bond donors (Lipinski definition) is 2. The number of nitrogens with one attached hydrogen (secondary N) is 1. The van der Waals surface area contributed by atoms with E-state index in [-0.39, 0.29) is 6.54 Å². The third-order valence-electron chi connectivity index (χ3n) is 2.45. The van der Waals surface area contributed by atoms with Gasteiger partial charge in [0.15, 0.2) is 0 Å². The van der Waals surface area contributed by atoms with Gasteiger partial charge in [-0.25, -0.2) is 8.78 Å². The molecule has 3 N–H and O–H groups in total. The molecule has 0 saturated heterocycles. The molecule has 0 spiro atoms. The van der Waals surface area contributed by atoms with Crippen LogP contribution in [0.4, 0.5) is 23.2 Å². The third-order valence-corrected chi connectivity index (χ3v) is 2.45. The minimum atomic E-state index is -3.96. The molecule has 0 bridgehead atoms. The molecule has 0 aliphatic heterocycles. The number of rotatable bonds is 7. The molecule has 0 aliphatic rings. The number of nitrogens with two attached hydrogens (primary N) is 1. The molecular weight excluding hydrogens is 248 g/mol. The topological polar surface area (TPSA) is 38.0 Å². The minimum absolute atomic E-state index is 0.261. The maximum Gasteiger partial charge on any atom is 0.319 e. The lowest BCUT2D eigenvalue weighted by Crippen LogP contribution is -2.39. The molecule has 0 amide bonds. The van der Waals surface area contributed by atoms with Gasteiger partial charge in [0.2, 0.25) is 0 Å². The fraction of sp³-hybridized carbons (Fsp3) is 0.500. The first-order valence-corrected chi connectivity index (χ1v) is 5.63. The van der Waals surface area contributed by atoms with Gasteiger partial charge in [-0.3, -0.25) is 0 Å². The zero-order valence-electron chi connectivity index (χ0n) is 9.80. The largest absolute Gasteiger partial charge is 0.399 e. The molecule has 2 nitrogen and oxygen atoms in total. The molecule has 0 aliphatic carbocycles. The lowest BCUT2D eigenvalue weighted by Gasteiger charge is -2.15. The summed E-state index contributed by atoms with van der Waals surface area (Å²) >= 11 is 0. The summed E-state index contributed by atoms with van der Waals surface area (Å²) in [6.07, 6.45) is -2.37. The molecule has 0 heterocycles. The van der Waals surface area contributed by atoms with E-state index in [1.54, 1.807) is 12.1 Å². The number of benzene rings is 1. The van der Waals surface area contributed by atoms with Gasteiger partial charge in [0.05, 0.1) is 6.54 Å². The summed E-state index contributed by atoms with van der Waals surface area (Å²) in [7, 11) is 0. The van der Waals surface area contributed by atoms with E-state index in [1.807, 2.05) is 12.1 Å². The van der Waals surface area contributed by atoms with E-state index in [0.29, 0.717) is 18.5 Å². The maximum absolute atomic E-state index is 12.5. The number of nitrogen functional groups attached to an aromatic ring is 1.